The summed E-state index contributed by atoms with van der Waals surface area (Å²) in [6, 6.07) is 3.33. The number of aliphatic hydroxyl groups is 3. The fraction of sp³-hybridized carbons (Fsp3) is 0.533. The van der Waals surface area contributed by atoms with E-state index in [9.17, 15) is 15.3 Å². The van der Waals surface area contributed by atoms with Gasteiger partial charge in [-0.05, 0) is 26.0 Å². The number of halogens is 2. The highest BCUT2D eigenvalue weighted by molar-refractivity contribution is 6.42. The van der Waals surface area contributed by atoms with Crippen LogP contribution in [0.3, 0.4) is 0 Å². The maximum absolute atomic E-state index is 10.4. The third-order valence-corrected chi connectivity index (χ3v) is 4.64. The predicted octanol–water partition coefficient (Wildman–Crippen LogP) is 1.77. The first-order valence-electron chi connectivity index (χ1n) is 7.59. The lowest BCUT2D eigenvalue weighted by atomic mass is 10.1. The van der Waals surface area contributed by atoms with Gasteiger partial charge in [0.15, 0.2) is 6.23 Å². The molecule has 1 saturated heterocycles. The topological polar surface area (TPSA) is 99.8 Å². The Hall–Kier alpha value is -1.09. The van der Waals surface area contributed by atoms with Gasteiger partial charge in [-0.2, -0.15) is 0 Å². The zero-order valence-electron chi connectivity index (χ0n) is 13.1. The number of ether oxygens (including phenoxy) is 1. The number of benzene rings is 1. The molecule has 0 amide bonds. The maximum Gasteiger partial charge on any atom is 0.206 e. The highest BCUT2D eigenvalue weighted by Crippen LogP contribution is 2.37. The molecule has 132 valence electrons. The molecule has 1 fully saturated rings. The van der Waals surface area contributed by atoms with Gasteiger partial charge in [0.1, 0.15) is 18.3 Å². The molecule has 0 bridgehead atoms. The van der Waals surface area contributed by atoms with Gasteiger partial charge in [0.2, 0.25) is 5.95 Å². The van der Waals surface area contributed by atoms with Gasteiger partial charge in [-0.1, -0.05) is 23.2 Å². The predicted molar refractivity (Wildman–Crippen MR) is 91.5 cm³/mol. The van der Waals surface area contributed by atoms with Gasteiger partial charge >= 0.3 is 0 Å². The minimum atomic E-state index is -1.22. The van der Waals surface area contributed by atoms with Gasteiger partial charge < -0.3 is 25.4 Å². The summed E-state index contributed by atoms with van der Waals surface area (Å²) < 4.78 is 7.26. The molecule has 1 aliphatic heterocycles. The van der Waals surface area contributed by atoms with E-state index in [0.717, 1.165) is 0 Å². The average molecular weight is 376 g/mol. The van der Waals surface area contributed by atoms with Crippen molar-refractivity contribution < 1.29 is 20.1 Å². The van der Waals surface area contributed by atoms with Crippen molar-refractivity contribution in [2.24, 2.45) is 0 Å². The van der Waals surface area contributed by atoms with E-state index in [-0.39, 0.29) is 6.04 Å². The van der Waals surface area contributed by atoms with Crippen LogP contribution in [0.5, 0.6) is 0 Å². The van der Waals surface area contributed by atoms with Crippen LogP contribution in [0.4, 0.5) is 5.95 Å². The van der Waals surface area contributed by atoms with Gasteiger partial charge in [-0.3, -0.25) is 4.57 Å². The van der Waals surface area contributed by atoms with Crippen LogP contribution in [0, 0.1) is 0 Å². The number of hydrogen-bond acceptors (Lipinski definition) is 6. The summed E-state index contributed by atoms with van der Waals surface area (Å²) >= 11 is 12.2. The fourth-order valence-electron chi connectivity index (χ4n) is 2.80. The van der Waals surface area contributed by atoms with Crippen molar-refractivity contribution in [2.45, 2.75) is 44.4 Å². The van der Waals surface area contributed by atoms with Gasteiger partial charge in [-0.15, -0.1) is 0 Å². The summed E-state index contributed by atoms with van der Waals surface area (Å²) in [6.45, 7) is 3.49. The molecule has 2 aromatic rings. The van der Waals surface area contributed by atoms with Gasteiger partial charge in [0.05, 0.1) is 27.7 Å². The lowest BCUT2D eigenvalue weighted by Gasteiger charge is -2.21. The van der Waals surface area contributed by atoms with Gasteiger partial charge in [-0.25, -0.2) is 4.98 Å². The minimum absolute atomic E-state index is 0.0728. The van der Waals surface area contributed by atoms with E-state index >= 15 is 0 Å². The molecular weight excluding hydrogens is 357 g/mol. The van der Waals surface area contributed by atoms with Gasteiger partial charge in [0.25, 0.3) is 0 Å². The Labute approximate surface area is 148 Å². The molecule has 9 heteroatoms. The molecule has 4 N–H and O–H groups in total. The highest BCUT2D eigenvalue weighted by atomic mass is 35.5. The van der Waals surface area contributed by atoms with E-state index in [4.69, 9.17) is 27.9 Å². The summed E-state index contributed by atoms with van der Waals surface area (Å²) in [6.07, 6.45) is -4.22. The number of fused-ring (bicyclic) bond motifs is 1. The zero-order valence-corrected chi connectivity index (χ0v) is 14.7. The summed E-state index contributed by atoms with van der Waals surface area (Å²) in [4.78, 5) is 4.48. The number of imidazole rings is 1. The molecule has 0 spiro atoms. The van der Waals surface area contributed by atoms with Crippen molar-refractivity contribution in [3.05, 3.63) is 22.2 Å². The Balaban J connectivity index is 2.15. The molecule has 1 aliphatic rings. The number of nitrogens with zero attached hydrogens (tertiary/aromatic N) is 2. The van der Waals surface area contributed by atoms with E-state index in [1.165, 1.54) is 0 Å². The van der Waals surface area contributed by atoms with E-state index in [2.05, 4.69) is 10.3 Å². The summed E-state index contributed by atoms with van der Waals surface area (Å²) in [5, 5.41) is 33.6. The van der Waals surface area contributed by atoms with E-state index < -0.39 is 31.1 Å². The standard InChI is InChI=1S/C15H19Cl2N3O4/c1-6(2)18-15-19-9-3-7(16)8(17)4-10(9)20(15)14-13(23)12(22)11(5-21)24-14/h3-4,6,11-14,21-23H,5H2,1-2H3,(H,18,19)/t11?,12?,13?,14-/m0/s1. The van der Waals surface area contributed by atoms with E-state index in [1.807, 2.05) is 13.8 Å². The number of nitrogens with one attached hydrogen (secondary N) is 1. The summed E-state index contributed by atoms with van der Waals surface area (Å²) in [5.41, 5.74) is 1.17. The fourth-order valence-corrected chi connectivity index (χ4v) is 3.12. The molecular formula is C15H19Cl2N3O4. The Kier molecular flexibility index (Phi) is 4.92. The highest BCUT2D eigenvalue weighted by Gasteiger charge is 2.44. The number of anilines is 1. The maximum atomic E-state index is 10.4. The Morgan fingerprint density at radius 3 is 2.50 bits per heavy atom. The van der Waals surface area contributed by atoms with Crippen molar-refractivity contribution in [1.29, 1.82) is 0 Å². The Bertz CT molecular complexity index is 752. The molecule has 0 radical (unpaired) electrons. The van der Waals surface area contributed by atoms with Gasteiger partial charge in [0, 0.05) is 6.04 Å². The minimum Gasteiger partial charge on any atom is -0.394 e. The Morgan fingerprint density at radius 2 is 1.92 bits per heavy atom. The second-order valence-corrected chi connectivity index (χ2v) is 6.90. The zero-order chi connectivity index (χ0) is 17.6. The van der Waals surface area contributed by atoms with Crippen LogP contribution >= 0.6 is 23.2 Å². The van der Waals surface area contributed by atoms with Crippen LogP contribution in [-0.2, 0) is 4.74 Å². The normalized spacial score (nSPS) is 27.3. The molecule has 4 atom stereocenters. The van der Waals surface area contributed by atoms with Crippen molar-refractivity contribution in [3.63, 3.8) is 0 Å². The van der Waals surface area contributed by atoms with Crippen LogP contribution in [0.1, 0.15) is 20.1 Å². The SMILES string of the molecule is CC(C)Nc1nc2cc(Cl)c(Cl)cc2n1[C@H]1OC(CO)C(O)C1O. The quantitative estimate of drug-likeness (QED) is 0.649. The van der Waals surface area contributed by atoms with Crippen LogP contribution in [0.2, 0.25) is 10.0 Å². The summed E-state index contributed by atoms with van der Waals surface area (Å²) in [7, 11) is 0. The lowest BCUT2D eigenvalue weighted by Crippen LogP contribution is -2.33. The largest absolute Gasteiger partial charge is 0.394 e. The smallest absolute Gasteiger partial charge is 0.206 e. The second kappa shape index (κ2) is 6.67. The molecule has 2 heterocycles. The second-order valence-electron chi connectivity index (χ2n) is 6.09. The molecule has 1 aromatic carbocycles. The molecule has 24 heavy (non-hydrogen) atoms. The van der Waals surface area contributed by atoms with Crippen LogP contribution in [0.15, 0.2) is 12.1 Å². The monoisotopic (exact) mass is 375 g/mol. The number of rotatable bonds is 4. The average Bonchev–Trinajstić information content (AvgIpc) is 2.97. The molecule has 0 saturated carbocycles. The Morgan fingerprint density at radius 1 is 1.25 bits per heavy atom. The molecule has 1 aromatic heterocycles. The molecule has 3 unspecified atom stereocenters. The third kappa shape index (κ3) is 2.96. The lowest BCUT2D eigenvalue weighted by molar-refractivity contribution is -0.0499. The first-order chi connectivity index (χ1) is 11.3. The third-order valence-electron chi connectivity index (χ3n) is 3.92. The van der Waals surface area contributed by atoms with Crippen molar-refractivity contribution >= 4 is 40.2 Å². The number of aliphatic hydroxyl groups excluding tert-OH is 3. The van der Waals surface area contributed by atoms with E-state index in [1.54, 1.807) is 16.7 Å². The van der Waals surface area contributed by atoms with Crippen LogP contribution in [0.25, 0.3) is 11.0 Å². The van der Waals surface area contributed by atoms with Crippen LogP contribution < -0.4 is 5.32 Å². The molecule has 3 rings (SSSR count). The summed E-state index contributed by atoms with van der Waals surface area (Å²) in [5.74, 6) is 0.452. The van der Waals surface area contributed by atoms with E-state index in [0.29, 0.717) is 27.0 Å². The number of hydrogen-bond donors (Lipinski definition) is 4. The first-order valence-corrected chi connectivity index (χ1v) is 8.35. The van der Waals surface area contributed by atoms with Crippen molar-refractivity contribution in [2.75, 3.05) is 11.9 Å². The molecule has 7 nitrogen and oxygen atoms in total. The molecule has 0 aliphatic carbocycles. The first kappa shape index (κ1) is 17.7. The number of aromatic nitrogens is 2. The van der Waals surface area contributed by atoms with Crippen molar-refractivity contribution in [3.8, 4) is 0 Å². The van der Waals surface area contributed by atoms with Crippen LogP contribution in [-0.4, -0.2) is 55.8 Å². The van der Waals surface area contributed by atoms with Crippen molar-refractivity contribution in [1.82, 2.24) is 9.55 Å².